The van der Waals surface area contributed by atoms with E-state index in [1.165, 1.54) is 0 Å². The molecule has 0 saturated heterocycles. The van der Waals surface area contributed by atoms with Crippen molar-refractivity contribution in [2.75, 3.05) is 6.54 Å². The molecule has 0 bridgehead atoms. The first kappa shape index (κ1) is 16.2. The van der Waals surface area contributed by atoms with Crippen LogP contribution < -0.4 is 5.32 Å². The molecule has 0 atom stereocenters. The van der Waals surface area contributed by atoms with Crippen LogP contribution in [0, 0.1) is 16.7 Å². The van der Waals surface area contributed by atoms with E-state index in [9.17, 15) is 4.79 Å². The number of carbonyl (C=O) groups is 1. The normalized spacial score (nSPS) is 14.1. The van der Waals surface area contributed by atoms with E-state index in [4.69, 9.17) is 0 Å². The van der Waals surface area contributed by atoms with Gasteiger partial charge < -0.3 is 5.32 Å². The van der Waals surface area contributed by atoms with E-state index in [2.05, 4.69) is 39.9 Å². The van der Waals surface area contributed by atoms with Crippen molar-refractivity contribution in [1.82, 2.24) is 5.32 Å². The second kappa shape index (κ2) is 5.70. The van der Waals surface area contributed by atoms with E-state index in [-0.39, 0.29) is 16.6 Å². The summed E-state index contributed by atoms with van der Waals surface area (Å²) in [5, 5.41) is 3.40. The Bertz CT molecular complexity index is 287. The highest BCUT2D eigenvalue weighted by Gasteiger charge is 2.23. The Morgan fingerprint density at radius 2 is 1.53 bits per heavy atom. The maximum Gasteiger partial charge on any atom is 0.162 e. The molecule has 100 valence electrons. The molecule has 2 heteroatoms. The van der Waals surface area contributed by atoms with Gasteiger partial charge in [-0.1, -0.05) is 55.4 Å². The Morgan fingerprint density at radius 3 is 1.82 bits per heavy atom. The zero-order chi connectivity index (χ0) is 13.9. The number of rotatable bonds is 4. The Balaban J connectivity index is 4.94. The Labute approximate surface area is 107 Å². The third kappa shape index (κ3) is 6.50. The van der Waals surface area contributed by atoms with Crippen molar-refractivity contribution in [3.8, 4) is 0 Å². The molecule has 0 aliphatic heterocycles. The van der Waals surface area contributed by atoms with Gasteiger partial charge in [0.05, 0.1) is 0 Å². The maximum atomic E-state index is 12.0. The predicted octanol–water partition coefficient (Wildman–Crippen LogP) is 3.78. The number of ketones is 1. The Hall–Kier alpha value is -0.790. The molecule has 0 heterocycles. The molecule has 0 fully saturated rings. The molecule has 17 heavy (non-hydrogen) atoms. The van der Waals surface area contributed by atoms with Crippen molar-refractivity contribution in [3.63, 3.8) is 0 Å². The first-order valence-electron chi connectivity index (χ1n) is 6.45. The van der Waals surface area contributed by atoms with Gasteiger partial charge in [0.1, 0.15) is 0 Å². The number of carbonyl (C=O) groups excluding carboxylic acids is 1. The topological polar surface area (TPSA) is 29.1 Å². The molecule has 0 aromatic heterocycles. The molecule has 0 rings (SSSR count). The first-order valence-corrected chi connectivity index (χ1v) is 6.45. The third-order valence-electron chi connectivity index (χ3n) is 2.52. The standard InChI is InChI=1S/C15H29NO/c1-11(2)10-16-12(14(3,4)5)9-13(17)15(6,7)8/h9,11,16H,10H2,1-8H3/b12-9-. The van der Waals surface area contributed by atoms with Gasteiger partial charge in [-0.2, -0.15) is 0 Å². The van der Waals surface area contributed by atoms with Crippen molar-refractivity contribution in [2.45, 2.75) is 55.4 Å². The second-order valence-electron chi connectivity index (χ2n) is 7.20. The van der Waals surface area contributed by atoms with E-state index < -0.39 is 0 Å². The highest BCUT2D eigenvalue weighted by molar-refractivity contribution is 5.94. The molecule has 0 aromatic carbocycles. The van der Waals surface area contributed by atoms with Gasteiger partial charge in [0.15, 0.2) is 5.78 Å². The summed E-state index contributed by atoms with van der Waals surface area (Å²) in [6.07, 6.45) is 1.78. The van der Waals surface area contributed by atoms with Crippen LogP contribution in [0.4, 0.5) is 0 Å². The maximum absolute atomic E-state index is 12.0. The van der Waals surface area contributed by atoms with Crippen molar-refractivity contribution >= 4 is 5.78 Å². The number of allylic oxidation sites excluding steroid dienone is 2. The summed E-state index contributed by atoms with van der Waals surface area (Å²) in [6.45, 7) is 17.5. The highest BCUT2D eigenvalue weighted by atomic mass is 16.1. The fourth-order valence-corrected chi connectivity index (χ4v) is 1.19. The Kier molecular flexibility index (Phi) is 5.44. The molecular formula is C15H29NO. The largest absolute Gasteiger partial charge is 0.388 e. The van der Waals surface area contributed by atoms with Crippen molar-refractivity contribution in [2.24, 2.45) is 16.7 Å². The minimum atomic E-state index is -0.310. The van der Waals surface area contributed by atoms with Crippen molar-refractivity contribution in [1.29, 1.82) is 0 Å². The van der Waals surface area contributed by atoms with E-state index in [0.29, 0.717) is 5.92 Å². The highest BCUT2D eigenvalue weighted by Crippen LogP contribution is 2.25. The molecule has 1 N–H and O–H groups in total. The summed E-state index contributed by atoms with van der Waals surface area (Å²) in [5.74, 6) is 0.754. The molecule has 2 nitrogen and oxygen atoms in total. The lowest BCUT2D eigenvalue weighted by Crippen LogP contribution is -2.30. The van der Waals surface area contributed by atoms with Crippen molar-refractivity contribution in [3.05, 3.63) is 11.8 Å². The lowest BCUT2D eigenvalue weighted by atomic mass is 9.85. The molecule has 0 unspecified atom stereocenters. The minimum Gasteiger partial charge on any atom is -0.388 e. The lowest BCUT2D eigenvalue weighted by molar-refractivity contribution is -0.121. The summed E-state index contributed by atoms with van der Waals surface area (Å²) in [6, 6.07) is 0. The fraction of sp³-hybridized carbons (Fsp3) is 0.800. The third-order valence-corrected chi connectivity index (χ3v) is 2.52. The van der Waals surface area contributed by atoms with Gasteiger partial charge in [0.25, 0.3) is 0 Å². The molecule has 0 amide bonds. The van der Waals surface area contributed by atoms with Crippen LogP contribution in [0.15, 0.2) is 11.8 Å². The van der Waals surface area contributed by atoms with E-state index >= 15 is 0 Å². The van der Waals surface area contributed by atoms with Gasteiger partial charge in [-0.15, -0.1) is 0 Å². The number of hydrogen-bond donors (Lipinski definition) is 1. The first-order chi connectivity index (χ1) is 7.44. The Morgan fingerprint density at radius 1 is 1.06 bits per heavy atom. The lowest BCUT2D eigenvalue weighted by Gasteiger charge is -2.26. The molecule has 0 radical (unpaired) electrons. The van der Waals surface area contributed by atoms with Gasteiger partial charge in [0.2, 0.25) is 0 Å². The van der Waals surface area contributed by atoms with Crippen LogP contribution in [-0.4, -0.2) is 12.3 Å². The average Bonchev–Trinajstić information content (AvgIpc) is 2.07. The van der Waals surface area contributed by atoms with E-state index in [0.717, 1.165) is 12.2 Å². The quantitative estimate of drug-likeness (QED) is 0.756. The fourth-order valence-electron chi connectivity index (χ4n) is 1.19. The SMILES string of the molecule is CC(C)CN/C(=C\C(=O)C(C)(C)C)C(C)(C)C. The number of hydrogen-bond acceptors (Lipinski definition) is 2. The van der Waals surface area contributed by atoms with Gasteiger partial charge in [-0.3, -0.25) is 4.79 Å². The predicted molar refractivity (Wildman–Crippen MR) is 74.8 cm³/mol. The van der Waals surface area contributed by atoms with Gasteiger partial charge >= 0.3 is 0 Å². The van der Waals surface area contributed by atoms with E-state index in [1.54, 1.807) is 6.08 Å². The summed E-state index contributed by atoms with van der Waals surface area (Å²) >= 11 is 0. The molecule has 0 aliphatic rings. The smallest absolute Gasteiger partial charge is 0.162 e. The van der Waals surface area contributed by atoms with Crippen LogP contribution >= 0.6 is 0 Å². The summed E-state index contributed by atoms with van der Waals surface area (Å²) in [7, 11) is 0. The van der Waals surface area contributed by atoms with Crippen molar-refractivity contribution < 1.29 is 4.79 Å². The molecule has 0 spiro atoms. The summed E-state index contributed by atoms with van der Waals surface area (Å²) < 4.78 is 0. The zero-order valence-electron chi connectivity index (χ0n) is 12.8. The summed E-state index contributed by atoms with van der Waals surface area (Å²) in [4.78, 5) is 12.0. The van der Waals surface area contributed by atoms with Crippen LogP contribution in [-0.2, 0) is 4.79 Å². The zero-order valence-corrected chi connectivity index (χ0v) is 12.8. The van der Waals surface area contributed by atoms with Crippen LogP contribution in [0.2, 0.25) is 0 Å². The van der Waals surface area contributed by atoms with Crippen LogP contribution in [0.25, 0.3) is 0 Å². The van der Waals surface area contributed by atoms with Gasteiger partial charge in [0, 0.05) is 29.1 Å². The summed E-state index contributed by atoms with van der Waals surface area (Å²) in [5.41, 5.74) is 0.706. The average molecular weight is 239 g/mol. The van der Waals surface area contributed by atoms with Crippen LogP contribution in [0.3, 0.4) is 0 Å². The van der Waals surface area contributed by atoms with Gasteiger partial charge in [-0.05, 0) is 5.92 Å². The number of nitrogens with one attached hydrogen (secondary N) is 1. The molecule has 0 saturated carbocycles. The van der Waals surface area contributed by atoms with Crippen LogP contribution in [0.1, 0.15) is 55.4 Å². The van der Waals surface area contributed by atoms with E-state index in [1.807, 2.05) is 20.8 Å². The molecular weight excluding hydrogens is 210 g/mol. The van der Waals surface area contributed by atoms with Crippen LogP contribution in [0.5, 0.6) is 0 Å². The van der Waals surface area contributed by atoms with Gasteiger partial charge in [-0.25, -0.2) is 0 Å². The monoisotopic (exact) mass is 239 g/mol. The second-order valence-corrected chi connectivity index (χ2v) is 7.20. The minimum absolute atomic E-state index is 0.0181. The molecule has 0 aromatic rings. The molecule has 0 aliphatic carbocycles.